The third-order valence-corrected chi connectivity index (χ3v) is 3.05. The molecule has 1 aromatic carbocycles. The second kappa shape index (κ2) is 4.97. The van der Waals surface area contributed by atoms with Gasteiger partial charge in [0.05, 0.1) is 5.75 Å². The van der Waals surface area contributed by atoms with E-state index >= 15 is 0 Å². The molecule has 17 heavy (non-hydrogen) atoms. The molecule has 2 aromatic rings. The van der Waals surface area contributed by atoms with Crippen LogP contribution in [0.15, 0.2) is 36.5 Å². The van der Waals surface area contributed by atoms with Crippen molar-refractivity contribution >= 4 is 17.0 Å². The van der Waals surface area contributed by atoms with E-state index in [0.29, 0.717) is 5.56 Å². The largest absolute Gasteiger partial charge is 0.360 e. The summed E-state index contributed by atoms with van der Waals surface area (Å²) in [7, 11) is -2.46. The summed E-state index contributed by atoms with van der Waals surface area (Å²) in [6.07, 6.45) is 2.34. The first-order valence-electron chi connectivity index (χ1n) is 5.04. The Morgan fingerprint density at radius 2 is 2.00 bits per heavy atom. The Hall–Kier alpha value is -1.88. The molecule has 0 fully saturated rings. The highest BCUT2D eigenvalue weighted by atomic mass is 32.2. The molecule has 0 radical (unpaired) electrons. The Bertz CT molecular complexity index is 606. The molecule has 2 rings (SSSR count). The first-order valence-corrected chi connectivity index (χ1v) is 6.40. The number of carbonyl (C=O) groups is 1. The zero-order chi connectivity index (χ0) is 12.3. The van der Waals surface area contributed by atoms with Crippen LogP contribution >= 0.6 is 0 Å². The number of aromatic nitrogens is 1. The lowest BCUT2D eigenvalue weighted by molar-refractivity contribution is 0.112. The quantitative estimate of drug-likeness (QED) is 0.639. The molecule has 0 atom stereocenters. The smallest absolute Gasteiger partial charge is 0.151 e. The van der Waals surface area contributed by atoms with Crippen LogP contribution in [0.3, 0.4) is 0 Å². The van der Waals surface area contributed by atoms with Crippen LogP contribution in [0.5, 0.6) is 0 Å². The van der Waals surface area contributed by atoms with Crippen LogP contribution in [-0.4, -0.2) is 19.7 Å². The van der Waals surface area contributed by atoms with E-state index in [2.05, 4.69) is 4.98 Å². The van der Waals surface area contributed by atoms with Crippen molar-refractivity contribution in [2.24, 2.45) is 0 Å². The average molecular weight is 249 g/mol. The SMILES string of the molecule is O=Cc1c[nH]c(-c2ccccc2C[SH](=O)=O)c1. The fourth-order valence-electron chi connectivity index (χ4n) is 1.69. The normalized spacial score (nSPS) is 10.6. The van der Waals surface area contributed by atoms with Gasteiger partial charge in [-0.1, -0.05) is 24.3 Å². The number of hydrogen-bond acceptors (Lipinski definition) is 3. The predicted molar refractivity (Wildman–Crippen MR) is 65.6 cm³/mol. The molecule has 0 spiro atoms. The molecule has 1 heterocycles. The van der Waals surface area contributed by atoms with Gasteiger partial charge in [0, 0.05) is 23.0 Å². The summed E-state index contributed by atoms with van der Waals surface area (Å²) in [5, 5.41) is 0. The third-order valence-electron chi connectivity index (χ3n) is 2.45. The average Bonchev–Trinajstić information content (AvgIpc) is 2.77. The number of aldehydes is 1. The maximum Gasteiger partial charge on any atom is 0.151 e. The monoisotopic (exact) mass is 249 g/mol. The van der Waals surface area contributed by atoms with E-state index in [1.807, 2.05) is 12.1 Å². The first-order chi connectivity index (χ1) is 8.20. The Kier molecular flexibility index (Phi) is 3.39. The molecule has 0 aliphatic heterocycles. The molecule has 0 aliphatic carbocycles. The summed E-state index contributed by atoms with van der Waals surface area (Å²) in [6, 6.07) is 8.92. The summed E-state index contributed by atoms with van der Waals surface area (Å²) < 4.78 is 21.6. The first kappa shape index (κ1) is 11.6. The van der Waals surface area contributed by atoms with Crippen LogP contribution in [0, 0.1) is 0 Å². The number of aromatic amines is 1. The molecule has 0 saturated heterocycles. The minimum atomic E-state index is -2.46. The summed E-state index contributed by atoms with van der Waals surface area (Å²) >= 11 is 0. The molecule has 1 aromatic heterocycles. The summed E-state index contributed by atoms with van der Waals surface area (Å²) in [4.78, 5) is 13.6. The molecule has 0 unspecified atom stereocenters. The van der Waals surface area contributed by atoms with Crippen LogP contribution in [0.2, 0.25) is 0 Å². The van der Waals surface area contributed by atoms with Gasteiger partial charge in [0.25, 0.3) is 0 Å². The number of benzene rings is 1. The van der Waals surface area contributed by atoms with Gasteiger partial charge in [-0.15, -0.1) is 0 Å². The van der Waals surface area contributed by atoms with Gasteiger partial charge < -0.3 is 4.98 Å². The molecule has 5 heteroatoms. The van der Waals surface area contributed by atoms with Gasteiger partial charge in [0.15, 0.2) is 6.29 Å². The van der Waals surface area contributed by atoms with E-state index in [4.69, 9.17) is 0 Å². The van der Waals surface area contributed by atoms with E-state index in [0.717, 1.165) is 23.1 Å². The minimum Gasteiger partial charge on any atom is -0.360 e. The fourth-order valence-corrected chi connectivity index (χ4v) is 2.25. The van der Waals surface area contributed by atoms with Crippen LogP contribution < -0.4 is 0 Å². The van der Waals surface area contributed by atoms with E-state index in [9.17, 15) is 13.2 Å². The summed E-state index contributed by atoms with van der Waals surface area (Å²) in [5.41, 5.74) is 2.82. The van der Waals surface area contributed by atoms with Crippen LogP contribution in [0.4, 0.5) is 0 Å². The Balaban J connectivity index is 2.46. The van der Waals surface area contributed by atoms with Crippen molar-refractivity contribution in [1.29, 1.82) is 0 Å². The molecule has 0 saturated carbocycles. The lowest BCUT2D eigenvalue weighted by atomic mass is 10.1. The van der Waals surface area contributed by atoms with Gasteiger partial charge in [-0.2, -0.15) is 0 Å². The van der Waals surface area contributed by atoms with Gasteiger partial charge in [0.2, 0.25) is 0 Å². The minimum absolute atomic E-state index is 0.000942. The van der Waals surface area contributed by atoms with Crippen LogP contribution in [-0.2, 0) is 16.5 Å². The van der Waals surface area contributed by atoms with E-state index < -0.39 is 10.7 Å². The van der Waals surface area contributed by atoms with Crippen molar-refractivity contribution in [2.45, 2.75) is 5.75 Å². The lowest BCUT2D eigenvalue weighted by Gasteiger charge is -2.04. The van der Waals surface area contributed by atoms with Crippen molar-refractivity contribution in [3.8, 4) is 11.3 Å². The standard InChI is InChI=1S/C12H11NO3S/c14-7-9-5-12(13-6-9)11-4-2-1-3-10(11)8-17(15)16/h1-7,13,17H,8H2. The van der Waals surface area contributed by atoms with E-state index in [1.165, 1.54) is 0 Å². The van der Waals surface area contributed by atoms with Crippen molar-refractivity contribution in [3.63, 3.8) is 0 Å². The van der Waals surface area contributed by atoms with Gasteiger partial charge in [-0.25, -0.2) is 8.42 Å². The Morgan fingerprint density at radius 3 is 2.65 bits per heavy atom. The second-order valence-corrected chi connectivity index (χ2v) is 4.59. The second-order valence-electron chi connectivity index (χ2n) is 3.61. The molecule has 0 bridgehead atoms. The number of rotatable bonds is 4. The molecular weight excluding hydrogens is 238 g/mol. The summed E-state index contributed by atoms with van der Waals surface area (Å²) in [6.45, 7) is 0. The number of nitrogens with one attached hydrogen (secondary N) is 1. The van der Waals surface area contributed by atoms with Crippen molar-refractivity contribution in [2.75, 3.05) is 0 Å². The summed E-state index contributed by atoms with van der Waals surface area (Å²) in [5.74, 6) is 0.000942. The molecule has 0 aliphatic rings. The van der Waals surface area contributed by atoms with Crippen LogP contribution in [0.25, 0.3) is 11.3 Å². The number of hydrogen-bond donors (Lipinski definition) is 2. The highest BCUT2D eigenvalue weighted by molar-refractivity contribution is 7.71. The van der Waals surface area contributed by atoms with Gasteiger partial charge in [0.1, 0.15) is 10.7 Å². The van der Waals surface area contributed by atoms with E-state index in [-0.39, 0.29) is 5.75 Å². The van der Waals surface area contributed by atoms with Crippen molar-refractivity contribution < 1.29 is 13.2 Å². The topological polar surface area (TPSA) is 67.0 Å². The number of H-pyrrole nitrogens is 1. The van der Waals surface area contributed by atoms with Crippen molar-refractivity contribution in [3.05, 3.63) is 47.7 Å². The maximum atomic E-state index is 10.8. The highest BCUT2D eigenvalue weighted by Crippen LogP contribution is 2.23. The lowest BCUT2D eigenvalue weighted by Crippen LogP contribution is -1.91. The Labute approximate surface area is 100 Å². The number of thiol groups is 1. The fraction of sp³-hybridized carbons (Fsp3) is 0.0833. The molecule has 88 valence electrons. The highest BCUT2D eigenvalue weighted by Gasteiger charge is 2.07. The molecular formula is C12H11NO3S. The third kappa shape index (κ3) is 2.62. The van der Waals surface area contributed by atoms with Gasteiger partial charge in [-0.05, 0) is 11.6 Å². The predicted octanol–water partition coefficient (Wildman–Crippen LogP) is 1.61. The zero-order valence-corrected chi connectivity index (χ0v) is 9.81. The van der Waals surface area contributed by atoms with Crippen molar-refractivity contribution in [1.82, 2.24) is 4.98 Å². The maximum absolute atomic E-state index is 10.8. The molecule has 0 amide bonds. The molecule has 4 nitrogen and oxygen atoms in total. The van der Waals surface area contributed by atoms with Crippen LogP contribution in [0.1, 0.15) is 15.9 Å². The number of carbonyl (C=O) groups excluding carboxylic acids is 1. The van der Waals surface area contributed by atoms with Gasteiger partial charge >= 0.3 is 0 Å². The van der Waals surface area contributed by atoms with Gasteiger partial charge in [-0.3, -0.25) is 4.79 Å². The Morgan fingerprint density at radius 1 is 1.24 bits per heavy atom. The van der Waals surface area contributed by atoms with E-state index in [1.54, 1.807) is 24.4 Å². The zero-order valence-electron chi connectivity index (χ0n) is 8.92. The molecule has 1 N–H and O–H groups in total.